The molecule has 1 radical (unpaired) electrons. The Morgan fingerprint density at radius 3 is 2.25 bits per heavy atom. The maximum atomic E-state index is 10.0. The standard InChI is InChI=1S/C27H24N.C5H8O2.Ir/c1-16-14-19(15-17(2)18(16)3)26-25-24(21-11-7-9-13-23(21)28-26)20-10-6-8-12-22(20)27(25,4)5;1-4(6)3-5(2)7;/h6-14H,1-5H3;3,6H,1-2H3;/q-1;;/b;4-3-;. The van der Waals surface area contributed by atoms with E-state index < -0.39 is 0 Å². The molecule has 0 atom stereocenters. The number of aromatic nitrogens is 1. The molecule has 0 bridgehead atoms. The zero-order chi connectivity index (χ0) is 25.5. The third-order valence-corrected chi connectivity index (χ3v) is 6.89. The number of para-hydroxylation sites is 1. The number of fused-ring (bicyclic) bond motifs is 5. The number of aliphatic hydroxyl groups excluding tert-OH is 1. The summed E-state index contributed by atoms with van der Waals surface area (Å²) < 4.78 is 0. The van der Waals surface area contributed by atoms with Crippen molar-refractivity contribution in [1.29, 1.82) is 0 Å². The number of ketones is 1. The number of hydrogen-bond acceptors (Lipinski definition) is 3. The van der Waals surface area contributed by atoms with Crippen LogP contribution >= 0.6 is 0 Å². The molecule has 3 aromatic carbocycles. The van der Waals surface area contributed by atoms with Crippen molar-refractivity contribution in [3.63, 3.8) is 0 Å². The molecule has 0 spiro atoms. The van der Waals surface area contributed by atoms with Crippen molar-refractivity contribution in [2.45, 2.75) is 53.9 Å². The van der Waals surface area contributed by atoms with E-state index in [1.54, 1.807) is 0 Å². The summed E-state index contributed by atoms with van der Waals surface area (Å²) in [6, 6.07) is 23.2. The maximum Gasteiger partial charge on any atom is 0.155 e. The van der Waals surface area contributed by atoms with Gasteiger partial charge in [0.1, 0.15) is 0 Å². The van der Waals surface area contributed by atoms with E-state index in [0.717, 1.165) is 16.8 Å². The van der Waals surface area contributed by atoms with Crippen LogP contribution in [0.25, 0.3) is 33.3 Å². The van der Waals surface area contributed by atoms with Crippen LogP contribution in [-0.2, 0) is 30.3 Å². The number of carbonyl (C=O) groups is 1. The zero-order valence-electron chi connectivity index (χ0n) is 21.9. The molecule has 0 saturated heterocycles. The molecule has 1 aromatic heterocycles. The van der Waals surface area contributed by atoms with Crippen LogP contribution in [-0.4, -0.2) is 15.9 Å². The first-order valence-corrected chi connectivity index (χ1v) is 11.9. The van der Waals surface area contributed by atoms with Crippen molar-refractivity contribution in [2.24, 2.45) is 0 Å². The fourth-order valence-corrected chi connectivity index (χ4v) is 5.05. The Labute approximate surface area is 227 Å². The quantitative estimate of drug-likeness (QED) is 0.136. The average Bonchev–Trinajstić information content (AvgIpc) is 3.04. The van der Waals surface area contributed by atoms with E-state index in [4.69, 9.17) is 10.1 Å². The van der Waals surface area contributed by atoms with Gasteiger partial charge in [0.25, 0.3) is 0 Å². The Morgan fingerprint density at radius 1 is 1.00 bits per heavy atom. The van der Waals surface area contributed by atoms with E-state index >= 15 is 0 Å². The molecule has 5 rings (SSSR count). The van der Waals surface area contributed by atoms with Gasteiger partial charge in [-0.2, -0.15) is 0 Å². The van der Waals surface area contributed by atoms with E-state index in [-0.39, 0.29) is 37.1 Å². The fraction of sp³-hybridized carbons (Fsp3) is 0.250. The summed E-state index contributed by atoms with van der Waals surface area (Å²) in [6.07, 6.45) is 1.17. The van der Waals surface area contributed by atoms with Crippen molar-refractivity contribution >= 4 is 16.7 Å². The molecule has 1 heterocycles. The van der Waals surface area contributed by atoms with Crippen molar-refractivity contribution in [3.05, 3.63) is 100 Å². The number of nitrogens with zero attached hydrogens (tertiary/aromatic N) is 1. The summed E-state index contributed by atoms with van der Waals surface area (Å²) in [4.78, 5) is 15.2. The predicted octanol–water partition coefficient (Wildman–Crippen LogP) is 7.97. The number of rotatable bonds is 2. The minimum Gasteiger partial charge on any atom is -0.512 e. The molecule has 4 aromatic rings. The van der Waals surface area contributed by atoms with Gasteiger partial charge in [0, 0.05) is 37.0 Å². The predicted molar refractivity (Wildman–Crippen MR) is 145 cm³/mol. The molecular weight excluding hydrogens is 623 g/mol. The van der Waals surface area contributed by atoms with Crippen LogP contribution in [0.1, 0.15) is 55.5 Å². The van der Waals surface area contributed by atoms with E-state index in [0.29, 0.717) is 0 Å². The first kappa shape index (κ1) is 27.5. The Balaban J connectivity index is 0.000000400. The van der Waals surface area contributed by atoms with E-state index in [2.05, 4.69) is 95.3 Å². The number of hydrogen-bond donors (Lipinski definition) is 1. The number of allylic oxidation sites excluding steroid dienone is 2. The van der Waals surface area contributed by atoms with Crippen molar-refractivity contribution in [1.82, 2.24) is 4.98 Å². The summed E-state index contributed by atoms with van der Waals surface area (Å²) in [5.41, 5.74) is 12.3. The first-order valence-electron chi connectivity index (χ1n) is 11.9. The molecule has 1 aliphatic rings. The van der Waals surface area contributed by atoms with Gasteiger partial charge in [-0.1, -0.05) is 77.1 Å². The second kappa shape index (κ2) is 10.5. The normalized spacial score (nSPS) is 13.2. The Hall–Kier alpha value is -3.07. The van der Waals surface area contributed by atoms with E-state index in [1.165, 1.54) is 64.3 Å². The third kappa shape index (κ3) is 4.93. The van der Waals surface area contributed by atoms with Gasteiger partial charge in [0.15, 0.2) is 5.78 Å². The van der Waals surface area contributed by atoms with Gasteiger partial charge < -0.3 is 5.11 Å². The minimum absolute atomic E-state index is 0. The largest absolute Gasteiger partial charge is 0.512 e. The van der Waals surface area contributed by atoms with E-state index in [9.17, 15) is 4.79 Å². The number of benzene rings is 3. The molecule has 36 heavy (non-hydrogen) atoms. The van der Waals surface area contributed by atoms with Crippen molar-refractivity contribution in [3.8, 4) is 22.4 Å². The second-order valence-corrected chi connectivity index (χ2v) is 9.91. The Bertz CT molecular complexity index is 1470. The van der Waals surface area contributed by atoms with Gasteiger partial charge in [0.2, 0.25) is 0 Å². The van der Waals surface area contributed by atoms with Crippen LogP contribution < -0.4 is 0 Å². The Morgan fingerprint density at radius 2 is 1.64 bits per heavy atom. The topological polar surface area (TPSA) is 50.2 Å². The molecule has 0 aliphatic heterocycles. The fourth-order valence-electron chi connectivity index (χ4n) is 5.05. The van der Waals surface area contributed by atoms with Gasteiger partial charge >= 0.3 is 0 Å². The van der Waals surface area contributed by atoms with Crippen LogP contribution in [0, 0.1) is 26.8 Å². The molecule has 1 N–H and O–H groups in total. The van der Waals surface area contributed by atoms with Gasteiger partial charge in [-0.25, -0.2) is 0 Å². The SMILES string of the molecule is CC(=O)/C=C(/C)O.Cc1[c-]c(-c2nc3ccccc3c3c2C(C)(C)c2ccccc2-3)cc(C)c1C.[Ir]. The number of aryl methyl sites for hydroxylation is 2. The zero-order valence-corrected chi connectivity index (χ0v) is 24.3. The summed E-state index contributed by atoms with van der Waals surface area (Å²) >= 11 is 0. The summed E-state index contributed by atoms with van der Waals surface area (Å²) in [7, 11) is 0. The van der Waals surface area contributed by atoms with Crippen molar-refractivity contribution in [2.75, 3.05) is 0 Å². The minimum atomic E-state index is -0.125. The van der Waals surface area contributed by atoms with Crippen LogP contribution in [0.4, 0.5) is 0 Å². The molecule has 0 amide bonds. The molecule has 0 saturated carbocycles. The van der Waals surface area contributed by atoms with E-state index in [1.807, 2.05) is 0 Å². The van der Waals surface area contributed by atoms with Crippen LogP contribution in [0.3, 0.4) is 0 Å². The molecule has 4 heteroatoms. The smallest absolute Gasteiger partial charge is 0.155 e. The first-order chi connectivity index (χ1) is 16.5. The number of pyridine rings is 1. The number of aliphatic hydroxyl groups is 1. The van der Waals surface area contributed by atoms with Crippen LogP contribution in [0.15, 0.2) is 66.4 Å². The number of carbonyl (C=O) groups excluding carboxylic acids is 1. The maximum absolute atomic E-state index is 10.0. The van der Waals surface area contributed by atoms with Gasteiger partial charge in [-0.05, 0) is 47.9 Å². The van der Waals surface area contributed by atoms with Gasteiger partial charge in [-0.3, -0.25) is 9.78 Å². The molecule has 0 fully saturated rings. The molecular formula is C32H32IrNO2-. The average molecular weight is 655 g/mol. The van der Waals surface area contributed by atoms with Gasteiger partial charge in [-0.15, -0.1) is 34.4 Å². The molecule has 3 nitrogen and oxygen atoms in total. The molecule has 187 valence electrons. The molecule has 1 aliphatic carbocycles. The van der Waals surface area contributed by atoms with Crippen LogP contribution in [0.5, 0.6) is 0 Å². The monoisotopic (exact) mass is 655 g/mol. The summed E-state index contributed by atoms with van der Waals surface area (Å²) in [5, 5.41) is 9.60. The Kier molecular flexibility index (Phi) is 8.03. The summed E-state index contributed by atoms with van der Waals surface area (Å²) in [6.45, 7) is 14.0. The third-order valence-electron chi connectivity index (χ3n) is 6.89. The van der Waals surface area contributed by atoms with Crippen LogP contribution in [0.2, 0.25) is 0 Å². The summed E-state index contributed by atoms with van der Waals surface area (Å²) in [5.74, 6) is -0.0625. The second-order valence-electron chi connectivity index (χ2n) is 9.91. The van der Waals surface area contributed by atoms with Gasteiger partial charge in [0.05, 0.1) is 11.3 Å². The molecule has 0 unspecified atom stereocenters. The van der Waals surface area contributed by atoms with Crippen molar-refractivity contribution < 1.29 is 30.0 Å².